The Hall–Kier alpha value is -3.06. The van der Waals surface area contributed by atoms with E-state index in [-0.39, 0.29) is 18.1 Å². The van der Waals surface area contributed by atoms with Crippen molar-refractivity contribution < 1.29 is 18.7 Å². The van der Waals surface area contributed by atoms with Crippen molar-refractivity contribution in [3.8, 4) is 11.3 Å². The highest BCUT2D eigenvalue weighted by atomic mass is 19.1. The summed E-state index contributed by atoms with van der Waals surface area (Å²) in [6, 6.07) is 11.5. The lowest BCUT2D eigenvalue weighted by Gasteiger charge is -2.24. The van der Waals surface area contributed by atoms with Crippen molar-refractivity contribution in [3.05, 3.63) is 77.0 Å². The minimum absolute atomic E-state index is 0.0680. The molecule has 0 fully saturated rings. The summed E-state index contributed by atoms with van der Waals surface area (Å²) in [6.45, 7) is 3.11. The zero-order chi connectivity index (χ0) is 19.6. The van der Waals surface area contributed by atoms with E-state index in [1.807, 2.05) is 0 Å². The molecular formula is C20H19F2N3O2. The lowest BCUT2D eigenvalue weighted by atomic mass is 9.96. The summed E-state index contributed by atoms with van der Waals surface area (Å²) < 4.78 is 26.4. The first kappa shape index (κ1) is 18.7. The summed E-state index contributed by atoms with van der Waals surface area (Å²) in [5.74, 6) is -1.16. The van der Waals surface area contributed by atoms with Crippen molar-refractivity contribution in [1.29, 1.82) is 0 Å². The summed E-state index contributed by atoms with van der Waals surface area (Å²) >= 11 is 0. The molecule has 0 saturated heterocycles. The van der Waals surface area contributed by atoms with Crippen LogP contribution in [0.2, 0.25) is 0 Å². The number of halogens is 2. The largest absolute Gasteiger partial charge is 0.384 e. The van der Waals surface area contributed by atoms with Gasteiger partial charge in [-0.25, -0.2) is 8.78 Å². The molecule has 0 aliphatic carbocycles. The monoisotopic (exact) mass is 371 g/mol. The van der Waals surface area contributed by atoms with Gasteiger partial charge in [-0.3, -0.25) is 9.89 Å². The van der Waals surface area contributed by atoms with Crippen LogP contribution in [0.4, 0.5) is 8.78 Å². The van der Waals surface area contributed by atoms with E-state index >= 15 is 0 Å². The van der Waals surface area contributed by atoms with Crippen LogP contribution in [0.25, 0.3) is 11.3 Å². The van der Waals surface area contributed by atoms with E-state index in [0.717, 1.165) is 0 Å². The van der Waals surface area contributed by atoms with E-state index in [0.29, 0.717) is 22.4 Å². The van der Waals surface area contributed by atoms with E-state index in [1.54, 1.807) is 25.1 Å². The van der Waals surface area contributed by atoms with Crippen molar-refractivity contribution in [2.24, 2.45) is 0 Å². The summed E-state index contributed by atoms with van der Waals surface area (Å²) in [5, 5.41) is 19.9. The molecule has 0 saturated carbocycles. The summed E-state index contributed by atoms with van der Waals surface area (Å²) in [7, 11) is 0. The number of H-pyrrole nitrogens is 1. The molecule has 27 heavy (non-hydrogen) atoms. The number of aromatic amines is 1. The van der Waals surface area contributed by atoms with Crippen molar-refractivity contribution in [2.75, 3.05) is 6.54 Å². The van der Waals surface area contributed by atoms with E-state index in [4.69, 9.17) is 0 Å². The van der Waals surface area contributed by atoms with Crippen LogP contribution >= 0.6 is 0 Å². The third-order valence-electron chi connectivity index (χ3n) is 4.34. The summed E-state index contributed by atoms with van der Waals surface area (Å²) in [4.78, 5) is 12.3. The number of hydrogen-bond donors (Lipinski definition) is 3. The number of nitrogens with zero attached hydrogens (tertiary/aromatic N) is 1. The SMILES string of the molecule is Cc1cc(-c2cc(C(=O)NCC(C)(O)c3ccc(F)cc3)[nH]n2)ccc1F. The molecule has 3 rings (SSSR count). The molecule has 0 bridgehead atoms. The number of rotatable bonds is 5. The van der Waals surface area contributed by atoms with Gasteiger partial charge in [0.05, 0.1) is 12.2 Å². The smallest absolute Gasteiger partial charge is 0.269 e. The molecule has 7 heteroatoms. The van der Waals surface area contributed by atoms with Crippen LogP contribution in [0.1, 0.15) is 28.5 Å². The number of nitrogens with one attached hydrogen (secondary N) is 2. The average molecular weight is 371 g/mol. The molecule has 1 unspecified atom stereocenters. The minimum atomic E-state index is -1.36. The third-order valence-corrected chi connectivity index (χ3v) is 4.34. The molecule has 1 heterocycles. The van der Waals surface area contributed by atoms with Crippen LogP contribution in [-0.4, -0.2) is 27.8 Å². The number of benzene rings is 2. The Balaban J connectivity index is 1.69. The first-order valence-corrected chi connectivity index (χ1v) is 8.35. The minimum Gasteiger partial charge on any atom is -0.384 e. The highest BCUT2D eigenvalue weighted by Crippen LogP contribution is 2.22. The van der Waals surface area contributed by atoms with Gasteiger partial charge in [-0.1, -0.05) is 12.1 Å². The third kappa shape index (κ3) is 4.20. The maximum atomic E-state index is 13.4. The Labute approximate surface area is 155 Å². The second-order valence-corrected chi connectivity index (χ2v) is 6.59. The predicted molar refractivity (Wildman–Crippen MR) is 97.0 cm³/mol. The number of hydrogen-bond acceptors (Lipinski definition) is 3. The molecule has 3 N–H and O–H groups in total. The van der Waals surface area contributed by atoms with Crippen molar-refractivity contribution in [2.45, 2.75) is 19.4 Å². The van der Waals surface area contributed by atoms with Gasteiger partial charge >= 0.3 is 0 Å². The fourth-order valence-electron chi connectivity index (χ4n) is 2.65. The lowest BCUT2D eigenvalue weighted by Crippen LogP contribution is -2.38. The van der Waals surface area contributed by atoms with Gasteiger partial charge in [0.1, 0.15) is 22.9 Å². The highest BCUT2D eigenvalue weighted by Gasteiger charge is 2.24. The summed E-state index contributed by atoms with van der Waals surface area (Å²) in [6.07, 6.45) is 0. The molecule has 0 radical (unpaired) electrons. The highest BCUT2D eigenvalue weighted by molar-refractivity contribution is 5.93. The summed E-state index contributed by atoms with van der Waals surface area (Å²) in [5.41, 5.74) is 1.01. The van der Waals surface area contributed by atoms with Crippen LogP contribution in [0.5, 0.6) is 0 Å². The van der Waals surface area contributed by atoms with Crippen molar-refractivity contribution >= 4 is 5.91 Å². The number of carbonyl (C=O) groups is 1. The number of aryl methyl sites for hydroxylation is 1. The van der Waals surface area contributed by atoms with Gasteiger partial charge in [0.25, 0.3) is 5.91 Å². The number of aromatic nitrogens is 2. The van der Waals surface area contributed by atoms with Gasteiger partial charge in [-0.05, 0) is 61.4 Å². The van der Waals surface area contributed by atoms with E-state index < -0.39 is 17.3 Å². The predicted octanol–water partition coefficient (Wildman–Crippen LogP) is 3.30. The van der Waals surface area contributed by atoms with Crippen molar-refractivity contribution in [1.82, 2.24) is 15.5 Å². The quantitative estimate of drug-likeness (QED) is 0.644. The Morgan fingerprint density at radius 1 is 1.19 bits per heavy atom. The van der Waals surface area contributed by atoms with Crippen LogP contribution in [0, 0.1) is 18.6 Å². The van der Waals surface area contributed by atoms with Gasteiger partial charge < -0.3 is 10.4 Å². The molecule has 1 amide bonds. The topological polar surface area (TPSA) is 78.0 Å². The molecule has 3 aromatic rings. The first-order chi connectivity index (χ1) is 12.8. The fraction of sp³-hybridized carbons (Fsp3) is 0.200. The Bertz CT molecular complexity index is 966. The van der Waals surface area contributed by atoms with Crippen LogP contribution in [-0.2, 0) is 5.60 Å². The maximum Gasteiger partial charge on any atom is 0.269 e. The Kier molecular flexibility index (Phi) is 5.05. The van der Waals surface area contributed by atoms with E-state index in [2.05, 4.69) is 15.5 Å². The molecule has 5 nitrogen and oxygen atoms in total. The molecule has 2 aromatic carbocycles. The van der Waals surface area contributed by atoms with Crippen LogP contribution in [0.15, 0.2) is 48.5 Å². The van der Waals surface area contributed by atoms with Gasteiger partial charge in [-0.15, -0.1) is 0 Å². The van der Waals surface area contributed by atoms with Gasteiger partial charge in [-0.2, -0.15) is 5.10 Å². The fourth-order valence-corrected chi connectivity index (χ4v) is 2.65. The Morgan fingerprint density at radius 3 is 2.56 bits per heavy atom. The lowest BCUT2D eigenvalue weighted by molar-refractivity contribution is 0.0524. The second-order valence-electron chi connectivity index (χ2n) is 6.59. The zero-order valence-corrected chi connectivity index (χ0v) is 14.9. The molecule has 0 aliphatic rings. The first-order valence-electron chi connectivity index (χ1n) is 8.35. The number of amides is 1. The molecule has 0 aliphatic heterocycles. The molecule has 0 spiro atoms. The zero-order valence-electron chi connectivity index (χ0n) is 14.9. The van der Waals surface area contributed by atoms with Crippen molar-refractivity contribution in [3.63, 3.8) is 0 Å². The number of carbonyl (C=O) groups excluding carboxylic acids is 1. The standard InChI is InChI=1S/C20H19F2N3O2/c1-12-9-13(3-8-16(12)22)17-10-18(25-24-17)19(26)23-11-20(2,27)14-4-6-15(21)7-5-14/h3-10,27H,11H2,1-2H3,(H,23,26)(H,24,25). The van der Waals surface area contributed by atoms with Gasteiger partial charge in [0.2, 0.25) is 0 Å². The van der Waals surface area contributed by atoms with Gasteiger partial charge in [0, 0.05) is 5.56 Å². The average Bonchev–Trinajstić information content (AvgIpc) is 3.13. The van der Waals surface area contributed by atoms with E-state index in [9.17, 15) is 18.7 Å². The van der Waals surface area contributed by atoms with E-state index in [1.165, 1.54) is 37.3 Å². The molecular weight excluding hydrogens is 352 g/mol. The van der Waals surface area contributed by atoms with Crippen LogP contribution < -0.4 is 5.32 Å². The Morgan fingerprint density at radius 2 is 1.89 bits per heavy atom. The molecule has 140 valence electrons. The second kappa shape index (κ2) is 7.28. The number of aliphatic hydroxyl groups is 1. The molecule has 1 atom stereocenters. The maximum absolute atomic E-state index is 13.4. The normalized spacial score (nSPS) is 13.2. The van der Waals surface area contributed by atoms with Crippen LogP contribution in [0.3, 0.4) is 0 Å². The van der Waals surface area contributed by atoms with Gasteiger partial charge in [0.15, 0.2) is 0 Å². The molecule has 1 aromatic heterocycles.